The summed E-state index contributed by atoms with van der Waals surface area (Å²) in [6.07, 6.45) is -12.8. The molecule has 1 N–H and O–H groups in total. The van der Waals surface area contributed by atoms with Crippen LogP contribution >= 0.6 is 0 Å². The van der Waals surface area contributed by atoms with Crippen LogP contribution in [0, 0.1) is 0 Å². The second-order valence-corrected chi connectivity index (χ2v) is 3.58. The summed E-state index contributed by atoms with van der Waals surface area (Å²) in [6, 6.07) is -2.25. The van der Waals surface area contributed by atoms with Crippen molar-refractivity contribution in [1.82, 2.24) is 5.32 Å². The predicted octanol–water partition coefficient (Wildman–Crippen LogP) is 0.700. The molecule has 0 bridgehead atoms. The van der Waals surface area contributed by atoms with Crippen molar-refractivity contribution < 1.29 is 50.2 Å². The van der Waals surface area contributed by atoms with E-state index in [2.05, 4.69) is 9.47 Å². The standard InChI is InChI=1S/C9H9F6NO5/c1-3(21-7(19)9(13,14)15)4(5(17)20-2)16-6(18)8(10,11)12/h3-4H,1-2H3,(H,16,18)/t3-,4+/m1/s1. The predicted molar refractivity (Wildman–Crippen MR) is 51.6 cm³/mol. The molecule has 0 aromatic rings. The first-order chi connectivity index (χ1) is 9.30. The molecule has 6 nitrogen and oxygen atoms in total. The molecular formula is C9H9F6NO5. The molecule has 0 spiro atoms. The molecule has 0 saturated carbocycles. The summed E-state index contributed by atoms with van der Waals surface area (Å²) in [4.78, 5) is 32.4. The van der Waals surface area contributed by atoms with Crippen molar-refractivity contribution in [1.29, 1.82) is 0 Å². The third-order valence-corrected chi connectivity index (χ3v) is 1.99. The summed E-state index contributed by atoms with van der Waals surface area (Å²) >= 11 is 0. The fraction of sp³-hybridized carbons (Fsp3) is 0.667. The average molecular weight is 325 g/mol. The lowest BCUT2D eigenvalue weighted by Crippen LogP contribution is -2.53. The van der Waals surface area contributed by atoms with E-state index in [1.165, 1.54) is 0 Å². The van der Waals surface area contributed by atoms with Gasteiger partial charge in [-0.15, -0.1) is 0 Å². The second-order valence-electron chi connectivity index (χ2n) is 3.58. The van der Waals surface area contributed by atoms with Crippen LogP contribution in [0.2, 0.25) is 0 Å². The van der Waals surface area contributed by atoms with Crippen molar-refractivity contribution in [2.45, 2.75) is 31.4 Å². The molecule has 122 valence electrons. The molecule has 1 amide bonds. The average Bonchev–Trinajstić information content (AvgIpc) is 2.31. The summed E-state index contributed by atoms with van der Waals surface area (Å²) in [5.41, 5.74) is 0. The zero-order valence-electron chi connectivity index (χ0n) is 10.5. The maximum atomic E-state index is 12.0. The van der Waals surface area contributed by atoms with Crippen LogP contribution in [0.15, 0.2) is 0 Å². The first kappa shape index (κ1) is 19.0. The molecule has 0 fully saturated rings. The first-order valence-corrected chi connectivity index (χ1v) is 5.04. The Balaban J connectivity index is 5.05. The van der Waals surface area contributed by atoms with Gasteiger partial charge in [-0.1, -0.05) is 0 Å². The topological polar surface area (TPSA) is 81.7 Å². The number of rotatable bonds is 4. The highest BCUT2D eigenvalue weighted by atomic mass is 19.4. The van der Waals surface area contributed by atoms with Gasteiger partial charge in [-0.3, -0.25) is 4.79 Å². The van der Waals surface area contributed by atoms with E-state index in [1.807, 2.05) is 0 Å². The Bertz CT molecular complexity index is 418. The van der Waals surface area contributed by atoms with E-state index in [0.717, 1.165) is 5.32 Å². The van der Waals surface area contributed by atoms with E-state index in [4.69, 9.17) is 0 Å². The smallest absolute Gasteiger partial charge is 0.467 e. The van der Waals surface area contributed by atoms with Crippen molar-refractivity contribution in [3.8, 4) is 0 Å². The van der Waals surface area contributed by atoms with Gasteiger partial charge in [0.05, 0.1) is 7.11 Å². The number of hydrogen-bond donors (Lipinski definition) is 1. The molecule has 0 heterocycles. The van der Waals surface area contributed by atoms with Crippen LogP contribution in [0.5, 0.6) is 0 Å². The van der Waals surface area contributed by atoms with Gasteiger partial charge < -0.3 is 14.8 Å². The van der Waals surface area contributed by atoms with Gasteiger partial charge in [-0.25, -0.2) is 9.59 Å². The number of halogens is 6. The first-order valence-electron chi connectivity index (χ1n) is 5.04. The third kappa shape index (κ3) is 5.87. The number of carbonyl (C=O) groups is 3. The lowest BCUT2D eigenvalue weighted by molar-refractivity contribution is -0.206. The molecule has 21 heavy (non-hydrogen) atoms. The van der Waals surface area contributed by atoms with Gasteiger partial charge >= 0.3 is 30.2 Å². The zero-order chi connectivity index (χ0) is 17.0. The quantitative estimate of drug-likeness (QED) is 0.608. The maximum Gasteiger partial charge on any atom is 0.490 e. The molecule has 0 aliphatic carbocycles. The number of ether oxygens (including phenoxy) is 2. The Morgan fingerprint density at radius 1 is 1.00 bits per heavy atom. The molecule has 0 radical (unpaired) electrons. The van der Waals surface area contributed by atoms with E-state index in [0.29, 0.717) is 14.0 Å². The highest BCUT2D eigenvalue weighted by Crippen LogP contribution is 2.19. The lowest BCUT2D eigenvalue weighted by Gasteiger charge is -2.23. The van der Waals surface area contributed by atoms with Gasteiger partial charge in [0.15, 0.2) is 6.04 Å². The largest absolute Gasteiger partial charge is 0.490 e. The molecule has 2 atom stereocenters. The summed E-state index contributed by atoms with van der Waals surface area (Å²) in [6.45, 7) is 0.682. The molecule has 0 aliphatic rings. The maximum absolute atomic E-state index is 12.0. The molecule has 0 aliphatic heterocycles. The van der Waals surface area contributed by atoms with Gasteiger partial charge in [0.1, 0.15) is 6.10 Å². The monoisotopic (exact) mass is 325 g/mol. The Kier molecular flexibility index (Phi) is 5.99. The SMILES string of the molecule is COC(=O)[C@@H](NC(=O)C(F)(F)F)[C@@H](C)OC(=O)C(F)(F)F. The number of esters is 2. The molecule has 0 unspecified atom stereocenters. The summed E-state index contributed by atoms with van der Waals surface area (Å²) < 4.78 is 79.8. The fourth-order valence-corrected chi connectivity index (χ4v) is 1.02. The third-order valence-electron chi connectivity index (χ3n) is 1.99. The lowest BCUT2D eigenvalue weighted by atomic mass is 10.2. The van der Waals surface area contributed by atoms with Crippen LogP contribution in [0.3, 0.4) is 0 Å². The molecule has 0 saturated heterocycles. The number of hydrogen-bond acceptors (Lipinski definition) is 5. The van der Waals surface area contributed by atoms with Gasteiger partial charge in [0, 0.05) is 0 Å². The van der Waals surface area contributed by atoms with E-state index in [1.54, 1.807) is 0 Å². The molecule has 12 heteroatoms. The summed E-state index contributed by atoms with van der Waals surface area (Å²) in [7, 11) is 0.716. The Labute approximate surface area is 113 Å². The van der Waals surface area contributed by atoms with E-state index in [-0.39, 0.29) is 0 Å². The van der Waals surface area contributed by atoms with Gasteiger partial charge in [-0.2, -0.15) is 26.3 Å². The van der Waals surface area contributed by atoms with E-state index >= 15 is 0 Å². The molecule has 0 rings (SSSR count). The number of amides is 1. The molecule has 0 aromatic heterocycles. The Morgan fingerprint density at radius 3 is 1.81 bits per heavy atom. The van der Waals surface area contributed by atoms with E-state index < -0.39 is 42.3 Å². The number of alkyl halides is 6. The minimum absolute atomic E-state index is 0.682. The van der Waals surface area contributed by atoms with Crippen LogP contribution < -0.4 is 5.32 Å². The Morgan fingerprint density at radius 2 is 1.48 bits per heavy atom. The van der Waals surface area contributed by atoms with Crippen LogP contribution in [0.1, 0.15) is 6.92 Å². The zero-order valence-corrected chi connectivity index (χ0v) is 10.5. The van der Waals surface area contributed by atoms with Crippen LogP contribution in [0.4, 0.5) is 26.3 Å². The minimum Gasteiger partial charge on any atom is -0.467 e. The molecular weight excluding hydrogens is 316 g/mol. The van der Waals surface area contributed by atoms with Crippen molar-refractivity contribution in [3.05, 3.63) is 0 Å². The highest BCUT2D eigenvalue weighted by molar-refractivity contribution is 5.88. The van der Waals surface area contributed by atoms with Crippen LogP contribution in [-0.4, -0.2) is 49.5 Å². The fourth-order valence-electron chi connectivity index (χ4n) is 1.02. The number of methoxy groups -OCH3 is 1. The van der Waals surface area contributed by atoms with Crippen molar-refractivity contribution in [3.63, 3.8) is 0 Å². The Hall–Kier alpha value is -2.01. The summed E-state index contributed by atoms with van der Waals surface area (Å²) in [5, 5.41) is 1.08. The van der Waals surface area contributed by atoms with Gasteiger partial charge in [-0.05, 0) is 6.92 Å². The number of nitrogens with one attached hydrogen (secondary N) is 1. The van der Waals surface area contributed by atoms with E-state index in [9.17, 15) is 40.7 Å². The van der Waals surface area contributed by atoms with Crippen molar-refractivity contribution in [2.75, 3.05) is 7.11 Å². The highest BCUT2D eigenvalue weighted by Gasteiger charge is 2.46. The minimum atomic E-state index is -5.41. The van der Waals surface area contributed by atoms with Crippen molar-refractivity contribution in [2.24, 2.45) is 0 Å². The van der Waals surface area contributed by atoms with Gasteiger partial charge in [0.25, 0.3) is 0 Å². The van der Waals surface area contributed by atoms with Crippen LogP contribution in [0.25, 0.3) is 0 Å². The second kappa shape index (κ2) is 6.63. The molecule has 0 aromatic carbocycles. The van der Waals surface area contributed by atoms with Gasteiger partial charge in [0.2, 0.25) is 0 Å². The normalized spacial score (nSPS) is 14.9. The summed E-state index contributed by atoms with van der Waals surface area (Å²) in [5.74, 6) is -6.85. The van der Waals surface area contributed by atoms with Crippen molar-refractivity contribution >= 4 is 17.8 Å². The van der Waals surface area contributed by atoms with Crippen LogP contribution in [-0.2, 0) is 23.9 Å². The number of carbonyl (C=O) groups excluding carboxylic acids is 3.